The number of furan rings is 1. The number of hydrogen-bond donors (Lipinski definition) is 0. The maximum absolute atomic E-state index is 12.3. The van der Waals surface area contributed by atoms with Gasteiger partial charge in [0.05, 0.1) is 11.2 Å². The largest absolute Gasteiger partial charge is 0.459 e. The van der Waals surface area contributed by atoms with Gasteiger partial charge in [-0.2, -0.15) is 0 Å². The third-order valence-corrected chi connectivity index (χ3v) is 4.59. The van der Waals surface area contributed by atoms with E-state index in [1.54, 1.807) is 17.0 Å². The molecule has 11 heteroatoms. The van der Waals surface area contributed by atoms with Crippen molar-refractivity contribution in [3.05, 3.63) is 63.1 Å². The summed E-state index contributed by atoms with van der Waals surface area (Å²) < 4.78 is 10.0. The maximum Gasteiger partial charge on any atom is 0.345 e. The van der Waals surface area contributed by atoms with Crippen LogP contribution in [0.15, 0.2) is 41.0 Å². The summed E-state index contributed by atoms with van der Waals surface area (Å²) in [5.41, 5.74) is -0.791. The highest BCUT2D eigenvalue weighted by Crippen LogP contribution is 2.24. The lowest BCUT2D eigenvalue weighted by molar-refractivity contribution is -0.385. The van der Waals surface area contributed by atoms with E-state index in [-0.39, 0.29) is 35.3 Å². The average Bonchev–Trinajstić information content (AvgIpc) is 3.26. The Kier molecular flexibility index (Phi) is 6.13. The number of hydrogen-bond acceptors (Lipinski definition) is 7. The molecule has 0 saturated carbocycles. The Labute approximate surface area is 169 Å². The molecule has 1 aromatic carbocycles. The van der Waals surface area contributed by atoms with Crippen molar-refractivity contribution in [3.63, 3.8) is 0 Å². The molecule has 1 aliphatic rings. The topological polar surface area (TPSA) is 123 Å². The van der Waals surface area contributed by atoms with E-state index in [9.17, 15) is 24.5 Å². The van der Waals surface area contributed by atoms with Crippen LogP contribution in [-0.4, -0.2) is 65.3 Å². The molecule has 10 nitrogen and oxygen atoms in total. The van der Waals surface area contributed by atoms with Gasteiger partial charge in [0.2, 0.25) is 0 Å². The molecule has 1 aliphatic heterocycles. The lowest BCUT2D eigenvalue weighted by Gasteiger charge is -2.34. The van der Waals surface area contributed by atoms with Gasteiger partial charge < -0.3 is 19.0 Å². The van der Waals surface area contributed by atoms with E-state index in [1.165, 1.54) is 23.3 Å². The third-order valence-electron chi connectivity index (χ3n) is 4.35. The van der Waals surface area contributed by atoms with Crippen molar-refractivity contribution >= 4 is 35.1 Å². The second-order valence-electron chi connectivity index (χ2n) is 6.15. The van der Waals surface area contributed by atoms with Gasteiger partial charge in [-0.1, -0.05) is 11.6 Å². The molecule has 0 spiro atoms. The normalized spacial score (nSPS) is 13.8. The molecule has 1 fully saturated rings. The van der Waals surface area contributed by atoms with Crippen LogP contribution < -0.4 is 0 Å². The van der Waals surface area contributed by atoms with Crippen LogP contribution >= 0.6 is 11.6 Å². The molecule has 0 atom stereocenters. The van der Waals surface area contributed by atoms with Crippen molar-refractivity contribution in [1.82, 2.24) is 9.80 Å². The number of nitro benzene ring substituents is 1. The van der Waals surface area contributed by atoms with E-state index in [0.29, 0.717) is 13.1 Å². The van der Waals surface area contributed by atoms with Gasteiger partial charge in [0.25, 0.3) is 17.5 Å². The Balaban J connectivity index is 1.52. The van der Waals surface area contributed by atoms with Gasteiger partial charge >= 0.3 is 5.97 Å². The molecule has 0 bridgehead atoms. The highest BCUT2D eigenvalue weighted by molar-refractivity contribution is 6.31. The summed E-state index contributed by atoms with van der Waals surface area (Å²) in [4.78, 5) is 50.0. The summed E-state index contributed by atoms with van der Waals surface area (Å²) >= 11 is 5.71. The number of carbonyl (C=O) groups excluding carboxylic acids is 3. The van der Waals surface area contributed by atoms with Crippen molar-refractivity contribution in [1.29, 1.82) is 0 Å². The first kappa shape index (κ1) is 20.3. The zero-order valence-corrected chi connectivity index (χ0v) is 15.8. The number of esters is 1. The van der Waals surface area contributed by atoms with E-state index < -0.39 is 29.1 Å². The molecule has 0 N–H and O–H groups in total. The third kappa shape index (κ3) is 4.72. The Morgan fingerprint density at radius 1 is 1.14 bits per heavy atom. The predicted molar refractivity (Wildman–Crippen MR) is 99.6 cm³/mol. The lowest BCUT2D eigenvalue weighted by atomic mass is 10.2. The molecule has 2 amide bonds. The number of piperazine rings is 1. The summed E-state index contributed by atoms with van der Waals surface area (Å²) in [6.45, 7) is 0.586. The van der Waals surface area contributed by atoms with Crippen LogP contribution in [0.4, 0.5) is 5.69 Å². The number of nitro groups is 1. The standard InChI is InChI=1S/C18H16ClN3O7/c19-12-3-4-13(14(10-12)22(26)27)18(25)29-11-16(23)20-5-7-21(8-6-20)17(24)15-2-1-9-28-15/h1-4,9-10H,5-8,11H2. The number of rotatable bonds is 5. The summed E-state index contributed by atoms with van der Waals surface area (Å²) in [5.74, 6) is -1.49. The first-order valence-electron chi connectivity index (χ1n) is 8.58. The number of amides is 2. The SMILES string of the molecule is O=C(OCC(=O)N1CCN(C(=O)c2ccco2)CC1)c1ccc(Cl)cc1[N+](=O)[O-]. The highest BCUT2D eigenvalue weighted by Gasteiger charge is 2.27. The minimum absolute atomic E-state index is 0.103. The van der Waals surface area contributed by atoms with Gasteiger partial charge in [0.1, 0.15) is 5.56 Å². The molecule has 152 valence electrons. The molecule has 3 rings (SSSR count). The Morgan fingerprint density at radius 2 is 1.83 bits per heavy atom. The number of carbonyl (C=O) groups is 3. The molecule has 29 heavy (non-hydrogen) atoms. The van der Waals surface area contributed by atoms with Crippen LogP contribution in [0.3, 0.4) is 0 Å². The van der Waals surface area contributed by atoms with E-state index in [0.717, 1.165) is 6.07 Å². The smallest absolute Gasteiger partial charge is 0.345 e. The summed E-state index contributed by atoms with van der Waals surface area (Å²) in [5, 5.41) is 11.2. The Bertz CT molecular complexity index is 937. The monoisotopic (exact) mass is 421 g/mol. The number of nitrogens with zero attached hydrogens (tertiary/aromatic N) is 3. The van der Waals surface area contributed by atoms with Crippen molar-refractivity contribution < 1.29 is 28.5 Å². The summed E-state index contributed by atoms with van der Waals surface area (Å²) in [6, 6.07) is 6.71. The van der Waals surface area contributed by atoms with Crippen molar-refractivity contribution in [3.8, 4) is 0 Å². The zero-order valence-electron chi connectivity index (χ0n) is 15.1. The van der Waals surface area contributed by atoms with Crippen LogP contribution in [0.25, 0.3) is 0 Å². The lowest BCUT2D eigenvalue weighted by Crippen LogP contribution is -2.51. The molecular weight excluding hydrogens is 406 g/mol. The average molecular weight is 422 g/mol. The molecule has 0 unspecified atom stereocenters. The molecule has 1 saturated heterocycles. The number of halogens is 1. The van der Waals surface area contributed by atoms with Crippen molar-refractivity contribution in [2.45, 2.75) is 0 Å². The Morgan fingerprint density at radius 3 is 2.45 bits per heavy atom. The van der Waals surface area contributed by atoms with E-state index >= 15 is 0 Å². The van der Waals surface area contributed by atoms with E-state index in [1.807, 2.05) is 0 Å². The van der Waals surface area contributed by atoms with Gasteiger partial charge in [0.15, 0.2) is 12.4 Å². The van der Waals surface area contributed by atoms with Gasteiger partial charge in [-0.15, -0.1) is 0 Å². The first-order valence-corrected chi connectivity index (χ1v) is 8.96. The van der Waals surface area contributed by atoms with Gasteiger partial charge in [0, 0.05) is 37.3 Å². The fourth-order valence-electron chi connectivity index (χ4n) is 2.84. The van der Waals surface area contributed by atoms with Crippen LogP contribution in [0.2, 0.25) is 5.02 Å². The predicted octanol–water partition coefficient (Wildman–Crippen LogP) is 1.98. The van der Waals surface area contributed by atoms with Crippen LogP contribution in [0, 0.1) is 10.1 Å². The van der Waals surface area contributed by atoms with Gasteiger partial charge in [-0.05, 0) is 24.3 Å². The molecular formula is C18H16ClN3O7. The fraction of sp³-hybridized carbons (Fsp3) is 0.278. The maximum atomic E-state index is 12.3. The van der Waals surface area contributed by atoms with Crippen molar-refractivity contribution in [2.75, 3.05) is 32.8 Å². The van der Waals surface area contributed by atoms with Crippen LogP contribution in [-0.2, 0) is 9.53 Å². The minimum atomic E-state index is -0.992. The highest BCUT2D eigenvalue weighted by atomic mass is 35.5. The van der Waals surface area contributed by atoms with Gasteiger partial charge in [-0.3, -0.25) is 19.7 Å². The second kappa shape index (κ2) is 8.74. The zero-order chi connectivity index (χ0) is 21.0. The fourth-order valence-corrected chi connectivity index (χ4v) is 3.01. The summed E-state index contributed by atoms with van der Waals surface area (Å²) in [6.07, 6.45) is 1.41. The minimum Gasteiger partial charge on any atom is -0.459 e. The summed E-state index contributed by atoms with van der Waals surface area (Å²) in [7, 11) is 0. The quantitative estimate of drug-likeness (QED) is 0.410. The molecule has 0 radical (unpaired) electrons. The number of ether oxygens (including phenoxy) is 1. The van der Waals surface area contributed by atoms with Crippen molar-refractivity contribution in [2.24, 2.45) is 0 Å². The van der Waals surface area contributed by atoms with Crippen LogP contribution in [0.5, 0.6) is 0 Å². The number of benzene rings is 1. The molecule has 1 aromatic heterocycles. The molecule has 2 heterocycles. The first-order chi connectivity index (χ1) is 13.9. The van der Waals surface area contributed by atoms with E-state index in [2.05, 4.69) is 0 Å². The Hall–Kier alpha value is -3.40. The van der Waals surface area contributed by atoms with Crippen LogP contribution in [0.1, 0.15) is 20.9 Å². The molecule has 2 aromatic rings. The van der Waals surface area contributed by atoms with E-state index in [4.69, 9.17) is 20.8 Å². The second-order valence-corrected chi connectivity index (χ2v) is 6.58. The molecule has 0 aliphatic carbocycles. The van der Waals surface area contributed by atoms with Gasteiger partial charge in [-0.25, -0.2) is 4.79 Å².